The van der Waals surface area contributed by atoms with Gasteiger partial charge in [0, 0.05) is 38.7 Å². The zero-order chi connectivity index (χ0) is 22.1. The minimum Gasteiger partial charge on any atom is -0.492 e. The van der Waals surface area contributed by atoms with Gasteiger partial charge < -0.3 is 18.8 Å². The maximum Gasteiger partial charge on any atom is 0.289 e. The Kier molecular flexibility index (Phi) is 6.09. The van der Waals surface area contributed by atoms with Crippen LogP contribution in [0.25, 0.3) is 0 Å². The van der Waals surface area contributed by atoms with Crippen molar-refractivity contribution in [1.29, 1.82) is 0 Å². The van der Waals surface area contributed by atoms with E-state index in [-0.39, 0.29) is 22.8 Å². The number of sulfonamides is 1. The van der Waals surface area contributed by atoms with Gasteiger partial charge in [0.25, 0.3) is 5.91 Å². The maximum absolute atomic E-state index is 13.4. The molecule has 0 N–H and O–H groups in total. The first-order valence-corrected chi connectivity index (χ1v) is 11.9. The molecule has 1 saturated heterocycles. The molecule has 0 aliphatic carbocycles. The number of hydrogen-bond donors (Lipinski definition) is 0. The van der Waals surface area contributed by atoms with Crippen molar-refractivity contribution in [1.82, 2.24) is 9.21 Å². The summed E-state index contributed by atoms with van der Waals surface area (Å²) < 4.78 is 45.0. The smallest absolute Gasteiger partial charge is 0.289 e. The van der Waals surface area contributed by atoms with Crippen molar-refractivity contribution in [2.75, 3.05) is 46.5 Å². The minimum absolute atomic E-state index is 0.135. The molecule has 9 heteroatoms. The van der Waals surface area contributed by atoms with Crippen LogP contribution in [-0.4, -0.2) is 70.0 Å². The number of amides is 1. The lowest BCUT2D eigenvalue weighted by molar-refractivity contribution is 0.0260. The average Bonchev–Trinajstić information content (AvgIpc) is 3.21. The quantitative estimate of drug-likeness (QED) is 0.714. The van der Waals surface area contributed by atoms with Crippen molar-refractivity contribution in [3.05, 3.63) is 47.9 Å². The molecule has 2 aliphatic heterocycles. The van der Waals surface area contributed by atoms with Crippen LogP contribution < -0.4 is 4.74 Å². The van der Waals surface area contributed by atoms with E-state index in [0.717, 1.165) is 0 Å². The van der Waals surface area contributed by atoms with E-state index in [1.807, 2.05) is 0 Å². The summed E-state index contributed by atoms with van der Waals surface area (Å²) in [6, 6.07) is 10.2. The monoisotopic (exact) mass is 448 g/mol. The number of rotatable bonds is 4. The molecule has 0 saturated carbocycles. The Morgan fingerprint density at radius 1 is 1.16 bits per heavy atom. The summed E-state index contributed by atoms with van der Waals surface area (Å²) in [5.41, 5.74) is -0.385. The second kappa shape index (κ2) is 8.64. The van der Waals surface area contributed by atoms with Gasteiger partial charge in [-0.05, 0) is 44.0 Å². The molecule has 0 atom stereocenters. The highest BCUT2D eigenvalue weighted by Gasteiger charge is 2.43. The Labute approximate surface area is 182 Å². The molecule has 2 aromatic rings. The predicted molar refractivity (Wildman–Crippen MR) is 114 cm³/mol. The normalized spacial score (nSPS) is 20.5. The van der Waals surface area contributed by atoms with Crippen LogP contribution in [0.2, 0.25) is 0 Å². The molecule has 1 amide bonds. The number of furan rings is 1. The van der Waals surface area contributed by atoms with Gasteiger partial charge in [0.2, 0.25) is 10.0 Å². The highest BCUT2D eigenvalue weighted by molar-refractivity contribution is 7.89. The predicted octanol–water partition coefficient (Wildman–Crippen LogP) is 2.54. The van der Waals surface area contributed by atoms with Crippen molar-refractivity contribution in [3.8, 4) is 5.75 Å². The first-order valence-electron chi connectivity index (χ1n) is 10.4. The van der Waals surface area contributed by atoms with Gasteiger partial charge in [-0.1, -0.05) is 12.1 Å². The van der Waals surface area contributed by atoms with Crippen molar-refractivity contribution in [2.45, 2.75) is 24.7 Å². The van der Waals surface area contributed by atoms with E-state index < -0.39 is 10.0 Å². The second-order valence-corrected chi connectivity index (χ2v) is 10.2. The SMILES string of the molecule is COCCN1CC2(CCN(C(=O)c3ccc(C)o3)CC2)COc2ccccc2S1(=O)=O. The Morgan fingerprint density at radius 2 is 1.90 bits per heavy atom. The van der Waals surface area contributed by atoms with Crippen LogP contribution in [0.3, 0.4) is 0 Å². The molecule has 1 fully saturated rings. The summed E-state index contributed by atoms with van der Waals surface area (Å²) in [5, 5.41) is 0. The van der Waals surface area contributed by atoms with Gasteiger partial charge in [0.05, 0.1) is 13.2 Å². The fourth-order valence-electron chi connectivity index (χ4n) is 4.24. The standard InChI is InChI=1S/C22H28N2O6S/c1-17-7-8-19(30-17)21(25)23-11-9-22(10-12-23)15-24(13-14-28-2)31(26,27)20-6-4-3-5-18(20)29-16-22/h3-8H,9-16H2,1-2H3. The Hall–Kier alpha value is -2.36. The molecule has 1 aromatic carbocycles. The van der Waals surface area contributed by atoms with Crippen LogP contribution in [0.4, 0.5) is 0 Å². The Morgan fingerprint density at radius 3 is 2.58 bits per heavy atom. The summed E-state index contributed by atoms with van der Waals surface area (Å²) >= 11 is 0. The number of aryl methyl sites for hydroxylation is 1. The van der Waals surface area contributed by atoms with E-state index in [9.17, 15) is 13.2 Å². The number of ether oxygens (including phenoxy) is 2. The summed E-state index contributed by atoms with van der Waals surface area (Å²) in [7, 11) is -2.17. The molecule has 3 heterocycles. The molecular formula is C22H28N2O6S. The van der Waals surface area contributed by atoms with Gasteiger partial charge in [-0.15, -0.1) is 0 Å². The Balaban J connectivity index is 1.57. The van der Waals surface area contributed by atoms with Crippen LogP contribution in [-0.2, 0) is 14.8 Å². The Bertz CT molecular complexity index is 1040. The van der Waals surface area contributed by atoms with E-state index in [2.05, 4.69) is 0 Å². The van der Waals surface area contributed by atoms with Crippen LogP contribution in [0.5, 0.6) is 5.75 Å². The molecule has 0 radical (unpaired) electrons. The van der Waals surface area contributed by atoms with E-state index in [4.69, 9.17) is 13.9 Å². The van der Waals surface area contributed by atoms with E-state index in [1.165, 1.54) is 4.31 Å². The number of carbonyl (C=O) groups is 1. The third-order valence-corrected chi connectivity index (χ3v) is 8.00. The van der Waals surface area contributed by atoms with Gasteiger partial charge in [0.15, 0.2) is 5.76 Å². The highest BCUT2D eigenvalue weighted by atomic mass is 32.2. The molecule has 8 nitrogen and oxygen atoms in total. The molecule has 2 aliphatic rings. The number of fused-ring (bicyclic) bond motifs is 1. The van der Waals surface area contributed by atoms with Crippen LogP contribution in [0.15, 0.2) is 45.7 Å². The maximum atomic E-state index is 13.4. The zero-order valence-electron chi connectivity index (χ0n) is 17.9. The number of hydrogen-bond acceptors (Lipinski definition) is 6. The fourth-order valence-corrected chi connectivity index (χ4v) is 5.91. The van der Waals surface area contributed by atoms with Crippen molar-refractivity contribution >= 4 is 15.9 Å². The average molecular weight is 449 g/mol. The molecule has 4 rings (SSSR count). The van der Waals surface area contributed by atoms with E-state index >= 15 is 0 Å². The van der Waals surface area contributed by atoms with Gasteiger partial charge in [-0.25, -0.2) is 8.42 Å². The van der Waals surface area contributed by atoms with Gasteiger partial charge in [-0.2, -0.15) is 4.31 Å². The third-order valence-electron chi connectivity index (χ3n) is 6.12. The molecule has 168 valence electrons. The summed E-state index contributed by atoms with van der Waals surface area (Å²) in [6.45, 7) is 4.13. The lowest BCUT2D eigenvalue weighted by Crippen LogP contribution is -2.52. The lowest BCUT2D eigenvalue weighted by Gasteiger charge is -2.44. The second-order valence-electron chi connectivity index (χ2n) is 8.27. The van der Waals surface area contributed by atoms with Crippen molar-refractivity contribution in [2.24, 2.45) is 5.41 Å². The zero-order valence-corrected chi connectivity index (χ0v) is 18.7. The van der Waals surface area contributed by atoms with Crippen molar-refractivity contribution in [3.63, 3.8) is 0 Å². The molecule has 31 heavy (non-hydrogen) atoms. The number of benzene rings is 1. The summed E-state index contributed by atoms with van der Waals surface area (Å²) in [6.07, 6.45) is 1.28. The first kappa shape index (κ1) is 21.9. The topological polar surface area (TPSA) is 89.3 Å². The number of likely N-dealkylation sites (tertiary alicyclic amines) is 1. The van der Waals surface area contributed by atoms with E-state index in [0.29, 0.717) is 63.0 Å². The number of nitrogens with zero attached hydrogens (tertiary/aromatic N) is 2. The molecule has 0 unspecified atom stereocenters. The van der Waals surface area contributed by atoms with Crippen molar-refractivity contribution < 1.29 is 27.1 Å². The number of para-hydroxylation sites is 1. The lowest BCUT2D eigenvalue weighted by atomic mass is 9.78. The summed E-state index contributed by atoms with van der Waals surface area (Å²) in [5.74, 6) is 1.26. The molecule has 1 aromatic heterocycles. The van der Waals surface area contributed by atoms with Gasteiger partial charge in [0.1, 0.15) is 16.4 Å². The van der Waals surface area contributed by atoms with Crippen LogP contribution >= 0.6 is 0 Å². The number of carbonyl (C=O) groups excluding carboxylic acids is 1. The van der Waals surface area contributed by atoms with E-state index in [1.54, 1.807) is 55.3 Å². The van der Waals surface area contributed by atoms with Crippen LogP contribution in [0.1, 0.15) is 29.2 Å². The number of piperidine rings is 1. The minimum atomic E-state index is -3.73. The fraction of sp³-hybridized carbons (Fsp3) is 0.500. The van der Waals surface area contributed by atoms with Gasteiger partial charge in [-0.3, -0.25) is 4.79 Å². The molecular weight excluding hydrogens is 420 g/mol. The molecule has 1 spiro atoms. The number of methoxy groups -OCH3 is 1. The summed E-state index contributed by atoms with van der Waals surface area (Å²) in [4.78, 5) is 14.7. The van der Waals surface area contributed by atoms with Crippen LogP contribution in [0, 0.1) is 12.3 Å². The molecule has 0 bridgehead atoms. The third kappa shape index (κ3) is 4.35. The first-order chi connectivity index (χ1) is 14.8. The van der Waals surface area contributed by atoms with Gasteiger partial charge >= 0.3 is 0 Å². The largest absolute Gasteiger partial charge is 0.492 e. The highest BCUT2D eigenvalue weighted by Crippen LogP contribution is 2.39.